The Hall–Kier alpha value is -0.0800. The molecule has 1 rings (SSSR count). The fourth-order valence-corrected chi connectivity index (χ4v) is 2.18. The van der Waals surface area contributed by atoms with Crippen molar-refractivity contribution in [2.45, 2.75) is 52.1 Å². The molecule has 1 fully saturated rings. The topological polar surface area (TPSA) is 21.3 Å². The molecule has 2 heteroatoms. The molecule has 0 spiro atoms. The van der Waals surface area contributed by atoms with E-state index in [0.717, 1.165) is 25.6 Å². The molecule has 0 amide bonds. The Morgan fingerprint density at radius 1 is 1.14 bits per heavy atom. The van der Waals surface area contributed by atoms with Crippen LogP contribution in [-0.2, 0) is 4.74 Å². The lowest BCUT2D eigenvalue weighted by atomic mass is 9.86. The third-order valence-electron chi connectivity index (χ3n) is 3.25. The van der Waals surface area contributed by atoms with Gasteiger partial charge in [-0.2, -0.15) is 0 Å². The summed E-state index contributed by atoms with van der Waals surface area (Å²) in [5.74, 6) is 0.976. The fourth-order valence-electron chi connectivity index (χ4n) is 2.18. The van der Waals surface area contributed by atoms with Crippen LogP contribution in [0.4, 0.5) is 0 Å². The van der Waals surface area contributed by atoms with Gasteiger partial charge in [-0.15, -0.1) is 0 Å². The molecular weight excluding hydrogens is 174 g/mol. The van der Waals surface area contributed by atoms with Gasteiger partial charge < -0.3 is 10.1 Å². The Labute approximate surface area is 88.4 Å². The molecule has 2 nitrogen and oxygen atoms in total. The van der Waals surface area contributed by atoms with E-state index in [2.05, 4.69) is 19.2 Å². The smallest absolute Gasteiger partial charge is 0.0594 e. The molecule has 0 saturated heterocycles. The Morgan fingerprint density at radius 3 is 2.43 bits per heavy atom. The molecule has 1 N–H and O–H groups in total. The average molecular weight is 199 g/mol. The standard InChI is InChI=1S/C12H25NO/c1-3-11-5-7-12(8-6-11)14-10-9-13-4-2/h11-13H,3-10H2,1-2H3. The van der Waals surface area contributed by atoms with E-state index in [0.29, 0.717) is 6.10 Å². The Morgan fingerprint density at radius 2 is 1.86 bits per heavy atom. The van der Waals surface area contributed by atoms with E-state index in [1.165, 1.54) is 32.1 Å². The van der Waals surface area contributed by atoms with Gasteiger partial charge in [-0.25, -0.2) is 0 Å². The first-order valence-electron chi connectivity index (χ1n) is 6.19. The van der Waals surface area contributed by atoms with Gasteiger partial charge in [0.1, 0.15) is 0 Å². The predicted octanol–water partition coefficient (Wildman–Crippen LogP) is 2.58. The van der Waals surface area contributed by atoms with Crippen LogP contribution in [0.1, 0.15) is 46.0 Å². The summed E-state index contributed by atoms with van der Waals surface area (Å²) >= 11 is 0. The summed E-state index contributed by atoms with van der Waals surface area (Å²) in [4.78, 5) is 0. The SMILES string of the molecule is CCNCCOC1CCC(CC)CC1. The highest BCUT2D eigenvalue weighted by molar-refractivity contribution is 4.71. The summed E-state index contributed by atoms with van der Waals surface area (Å²) in [6, 6.07) is 0. The van der Waals surface area contributed by atoms with E-state index in [4.69, 9.17) is 4.74 Å². The minimum atomic E-state index is 0.552. The van der Waals surface area contributed by atoms with E-state index in [1.54, 1.807) is 0 Å². The van der Waals surface area contributed by atoms with E-state index in [9.17, 15) is 0 Å². The first kappa shape index (κ1) is 12.0. The van der Waals surface area contributed by atoms with Crippen molar-refractivity contribution in [3.63, 3.8) is 0 Å². The maximum atomic E-state index is 5.82. The molecular formula is C12H25NO. The van der Waals surface area contributed by atoms with Crippen molar-refractivity contribution in [1.82, 2.24) is 5.32 Å². The summed E-state index contributed by atoms with van der Waals surface area (Å²) in [5, 5.41) is 3.28. The lowest BCUT2D eigenvalue weighted by Gasteiger charge is -2.27. The van der Waals surface area contributed by atoms with Gasteiger partial charge >= 0.3 is 0 Å². The van der Waals surface area contributed by atoms with Crippen LogP contribution in [-0.4, -0.2) is 25.8 Å². The zero-order chi connectivity index (χ0) is 10.2. The predicted molar refractivity (Wildman–Crippen MR) is 60.5 cm³/mol. The number of likely N-dealkylation sites (N-methyl/N-ethyl adjacent to an activating group) is 1. The van der Waals surface area contributed by atoms with Gasteiger partial charge in [-0.1, -0.05) is 20.3 Å². The molecule has 0 aliphatic heterocycles. The van der Waals surface area contributed by atoms with Crippen molar-refractivity contribution in [2.24, 2.45) is 5.92 Å². The molecule has 1 saturated carbocycles. The van der Waals surface area contributed by atoms with Crippen molar-refractivity contribution in [3.8, 4) is 0 Å². The summed E-state index contributed by atoms with van der Waals surface area (Å²) in [7, 11) is 0. The second-order valence-electron chi connectivity index (χ2n) is 4.28. The molecule has 0 aromatic rings. The highest BCUT2D eigenvalue weighted by Gasteiger charge is 2.19. The molecule has 0 aromatic heterocycles. The van der Waals surface area contributed by atoms with Gasteiger partial charge in [-0.3, -0.25) is 0 Å². The molecule has 84 valence electrons. The summed E-state index contributed by atoms with van der Waals surface area (Å²) in [6.07, 6.45) is 7.22. The molecule has 0 heterocycles. The largest absolute Gasteiger partial charge is 0.377 e. The van der Waals surface area contributed by atoms with Crippen LogP contribution >= 0.6 is 0 Å². The van der Waals surface area contributed by atoms with E-state index in [-0.39, 0.29) is 0 Å². The number of hydrogen-bond acceptors (Lipinski definition) is 2. The monoisotopic (exact) mass is 199 g/mol. The number of hydrogen-bond donors (Lipinski definition) is 1. The van der Waals surface area contributed by atoms with Crippen molar-refractivity contribution in [1.29, 1.82) is 0 Å². The molecule has 0 bridgehead atoms. The maximum absolute atomic E-state index is 5.82. The zero-order valence-electron chi connectivity index (χ0n) is 9.72. The van der Waals surface area contributed by atoms with Crippen molar-refractivity contribution >= 4 is 0 Å². The fraction of sp³-hybridized carbons (Fsp3) is 1.00. The molecule has 1 aliphatic rings. The van der Waals surface area contributed by atoms with Crippen LogP contribution in [0.15, 0.2) is 0 Å². The Kier molecular flexibility index (Phi) is 6.20. The molecule has 0 atom stereocenters. The second-order valence-corrected chi connectivity index (χ2v) is 4.28. The van der Waals surface area contributed by atoms with Crippen LogP contribution in [0.25, 0.3) is 0 Å². The highest BCUT2D eigenvalue weighted by atomic mass is 16.5. The first-order chi connectivity index (χ1) is 6.86. The lowest BCUT2D eigenvalue weighted by molar-refractivity contribution is 0.0197. The summed E-state index contributed by atoms with van der Waals surface area (Å²) in [5.41, 5.74) is 0. The molecule has 0 aromatic carbocycles. The maximum Gasteiger partial charge on any atom is 0.0594 e. The van der Waals surface area contributed by atoms with Gasteiger partial charge in [0.15, 0.2) is 0 Å². The lowest BCUT2D eigenvalue weighted by Crippen LogP contribution is -2.26. The van der Waals surface area contributed by atoms with Crippen molar-refractivity contribution in [3.05, 3.63) is 0 Å². The normalized spacial score (nSPS) is 27.9. The third kappa shape index (κ3) is 4.43. The first-order valence-corrected chi connectivity index (χ1v) is 6.19. The molecule has 0 radical (unpaired) electrons. The van der Waals surface area contributed by atoms with Gasteiger partial charge in [0.2, 0.25) is 0 Å². The van der Waals surface area contributed by atoms with Crippen LogP contribution in [0.5, 0.6) is 0 Å². The Bertz CT molecular complexity index is 130. The molecule has 1 aliphatic carbocycles. The highest BCUT2D eigenvalue weighted by Crippen LogP contribution is 2.27. The van der Waals surface area contributed by atoms with Crippen LogP contribution in [0, 0.1) is 5.92 Å². The number of ether oxygens (including phenoxy) is 1. The number of rotatable bonds is 6. The van der Waals surface area contributed by atoms with Gasteiger partial charge in [0, 0.05) is 6.54 Å². The second kappa shape index (κ2) is 7.24. The zero-order valence-corrected chi connectivity index (χ0v) is 9.72. The van der Waals surface area contributed by atoms with Crippen LogP contribution in [0.2, 0.25) is 0 Å². The van der Waals surface area contributed by atoms with Crippen LogP contribution in [0.3, 0.4) is 0 Å². The van der Waals surface area contributed by atoms with Crippen LogP contribution < -0.4 is 5.32 Å². The molecule has 0 unspecified atom stereocenters. The summed E-state index contributed by atoms with van der Waals surface area (Å²) in [6.45, 7) is 7.37. The van der Waals surface area contributed by atoms with Gasteiger partial charge in [0.25, 0.3) is 0 Å². The van der Waals surface area contributed by atoms with Gasteiger partial charge in [-0.05, 0) is 38.1 Å². The van der Waals surface area contributed by atoms with E-state index < -0.39 is 0 Å². The summed E-state index contributed by atoms with van der Waals surface area (Å²) < 4.78 is 5.82. The third-order valence-corrected chi connectivity index (χ3v) is 3.25. The minimum Gasteiger partial charge on any atom is -0.377 e. The van der Waals surface area contributed by atoms with Crippen molar-refractivity contribution < 1.29 is 4.74 Å². The van der Waals surface area contributed by atoms with E-state index >= 15 is 0 Å². The number of nitrogens with one attached hydrogen (secondary N) is 1. The average Bonchev–Trinajstić information content (AvgIpc) is 2.25. The van der Waals surface area contributed by atoms with Gasteiger partial charge in [0.05, 0.1) is 12.7 Å². The van der Waals surface area contributed by atoms with Crippen molar-refractivity contribution in [2.75, 3.05) is 19.7 Å². The Balaban J connectivity index is 1.98. The minimum absolute atomic E-state index is 0.552. The quantitative estimate of drug-likeness (QED) is 0.664. The van der Waals surface area contributed by atoms with E-state index in [1.807, 2.05) is 0 Å². The molecule has 14 heavy (non-hydrogen) atoms.